The highest BCUT2D eigenvalue weighted by Gasteiger charge is 2.54. The van der Waals surface area contributed by atoms with Crippen LogP contribution in [0.15, 0.2) is 30.5 Å². The Balaban J connectivity index is 1.08. The molecule has 6 fully saturated rings. The van der Waals surface area contributed by atoms with Crippen molar-refractivity contribution < 1.29 is 92.8 Å². The van der Waals surface area contributed by atoms with E-state index in [9.17, 15) is 59.6 Å². The molecule has 20 atom stereocenters. The lowest BCUT2D eigenvalue weighted by Crippen LogP contribution is -2.68. The van der Waals surface area contributed by atoms with Gasteiger partial charge in [0.05, 0.1) is 44.3 Å². The van der Waals surface area contributed by atoms with E-state index in [0.29, 0.717) is 25.1 Å². The number of rotatable bonds is 18. The number of aromatic nitrogens is 3. The maximum absolute atomic E-state index is 14.1. The third-order valence-electron chi connectivity index (χ3n) is 15.3. The first-order valence-corrected chi connectivity index (χ1v) is 25.8. The fraction of sp³-hybridized carbons (Fsp3) is 0.776. The van der Waals surface area contributed by atoms with E-state index in [1.807, 2.05) is 0 Å². The minimum atomic E-state index is -1.79. The molecule has 3 amide bonds. The van der Waals surface area contributed by atoms with Crippen LogP contribution in [0.2, 0.25) is 0 Å². The molecule has 24 nitrogen and oxygen atoms in total. The number of nitrogens with zero attached hydrogens (tertiary/aromatic N) is 4. The second-order valence-electron chi connectivity index (χ2n) is 20.7. The predicted molar refractivity (Wildman–Crippen MR) is 251 cm³/mol. The van der Waals surface area contributed by atoms with Gasteiger partial charge in [-0.1, -0.05) is 49.5 Å². The predicted octanol–water partition coefficient (Wildman–Crippen LogP) is -1.87. The Bertz CT molecular complexity index is 2170. The van der Waals surface area contributed by atoms with Crippen molar-refractivity contribution in [1.82, 2.24) is 30.5 Å². The summed E-state index contributed by atoms with van der Waals surface area (Å²) in [4.78, 5) is 41.9. The van der Waals surface area contributed by atoms with E-state index < -0.39 is 153 Å². The molecule has 0 bridgehead atoms. The van der Waals surface area contributed by atoms with E-state index in [4.69, 9.17) is 33.2 Å². The smallest absolute Gasteiger partial charge is 0.251 e. The summed E-state index contributed by atoms with van der Waals surface area (Å²) in [6.45, 7) is 3.34. The van der Waals surface area contributed by atoms with Gasteiger partial charge in [0.2, 0.25) is 11.8 Å². The van der Waals surface area contributed by atoms with Gasteiger partial charge in [-0.05, 0) is 56.6 Å². The van der Waals surface area contributed by atoms with Gasteiger partial charge in [-0.15, -0.1) is 5.10 Å². The first-order chi connectivity index (χ1) is 35.4. The van der Waals surface area contributed by atoms with E-state index >= 15 is 0 Å². The van der Waals surface area contributed by atoms with E-state index in [-0.39, 0.29) is 37.0 Å². The second-order valence-corrected chi connectivity index (χ2v) is 20.7. The fourth-order valence-electron chi connectivity index (χ4n) is 11.2. The van der Waals surface area contributed by atoms with Gasteiger partial charge < -0.3 is 89.5 Å². The van der Waals surface area contributed by atoms with Crippen molar-refractivity contribution in [3.8, 4) is 11.3 Å². The molecule has 0 radical (unpaired) electrons. The van der Waals surface area contributed by atoms with Gasteiger partial charge in [-0.2, -0.15) is 0 Å². The zero-order chi connectivity index (χ0) is 53.0. The van der Waals surface area contributed by atoms with Crippen molar-refractivity contribution in [3.63, 3.8) is 0 Å². The molecule has 74 heavy (non-hydrogen) atoms. The van der Waals surface area contributed by atoms with Crippen LogP contribution in [0.4, 0.5) is 4.39 Å². The third-order valence-corrected chi connectivity index (χ3v) is 15.3. The van der Waals surface area contributed by atoms with E-state index in [2.05, 4.69) is 20.9 Å². The number of carbonyl (C=O) groups excluding carboxylic acids is 3. The Labute approximate surface area is 427 Å². The molecular weight excluding hydrogens is 980 g/mol. The fourth-order valence-corrected chi connectivity index (χ4v) is 11.2. The Morgan fingerprint density at radius 1 is 0.784 bits per heavy atom. The SMILES string of the molecule is CC(=O)NC1CC(CO[C@H]2OC(CO)[C@@H](O)C(n3cc(-c4cccc(F)c4)nn3)C2O)C[C@@H](O[C@@H]2OC(CO)[C@H](O)C(O[C@@H](CC3CCCCC3)C(=O)N3CCC3)C2NC(C)=O)C1O[C@@H]1OC(C)[C@@H](O)C(O)C1O. The number of amides is 3. The van der Waals surface area contributed by atoms with Gasteiger partial charge in [-0.3, -0.25) is 14.4 Å². The highest BCUT2D eigenvalue weighted by Crippen LogP contribution is 2.39. The first kappa shape index (κ1) is 56.3. The van der Waals surface area contributed by atoms with Crippen LogP contribution in [0, 0.1) is 17.7 Å². The van der Waals surface area contributed by atoms with Crippen molar-refractivity contribution in [3.05, 3.63) is 36.3 Å². The molecule has 4 saturated heterocycles. The van der Waals surface area contributed by atoms with Gasteiger partial charge >= 0.3 is 0 Å². The van der Waals surface area contributed by atoms with Crippen LogP contribution in [-0.2, 0) is 47.5 Å². The highest BCUT2D eigenvalue weighted by atomic mass is 19.1. The molecule has 0 spiro atoms. The number of carbonyl (C=O) groups is 3. The minimum Gasteiger partial charge on any atom is -0.394 e. The average Bonchev–Trinajstić information content (AvgIpc) is 3.84. The first-order valence-electron chi connectivity index (χ1n) is 25.8. The number of halogens is 1. The summed E-state index contributed by atoms with van der Waals surface area (Å²) in [5.41, 5.74) is 0.606. The number of aliphatic hydroxyl groups excluding tert-OH is 8. The Hall–Kier alpha value is -3.90. The van der Waals surface area contributed by atoms with Gasteiger partial charge in [0.25, 0.3) is 5.91 Å². The van der Waals surface area contributed by atoms with Crippen molar-refractivity contribution >= 4 is 17.7 Å². The summed E-state index contributed by atoms with van der Waals surface area (Å²) in [5.74, 6) is -2.36. The molecule has 1 aromatic carbocycles. The molecule has 8 rings (SSSR count). The third kappa shape index (κ3) is 12.9. The molecule has 2 aromatic rings. The van der Waals surface area contributed by atoms with Crippen LogP contribution in [0.25, 0.3) is 11.3 Å². The molecule has 12 unspecified atom stereocenters. The largest absolute Gasteiger partial charge is 0.394 e. The number of hydrogen-bond donors (Lipinski definition) is 10. The zero-order valence-electron chi connectivity index (χ0n) is 41.7. The summed E-state index contributed by atoms with van der Waals surface area (Å²) in [7, 11) is 0. The highest BCUT2D eigenvalue weighted by molar-refractivity contribution is 5.81. The van der Waals surface area contributed by atoms with Crippen molar-refractivity contribution in [2.45, 2.75) is 195 Å². The molecular formula is C49H73FN6O18. The lowest BCUT2D eigenvalue weighted by Gasteiger charge is -2.50. The molecule has 5 heterocycles. The molecule has 10 N–H and O–H groups in total. The molecule has 4 aliphatic heterocycles. The maximum Gasteiger partial charge on any atom is 0.251 e. The van der Waals surface area contributed by atoms with Crippen molar-refractivity contribution in [2.24, 2.45) is 11.8 Å². The standard InChI is InChI=1S/C49H73FN6O18/c1-23-38(61)42(65)43(66)49(69-23)74-44-30(51-24(2)59)15-27(22-68-48-41(64)37(39(62)34(20-57)73-48)56-19-31(53-54-56)28-11-7-12-29(50)18-28)17-32(44)71-47-36(52-25(3)60)45(40(63)35(21-58)72-47)70-33(46(67)55-13-8-14-55)16-26-9-5-4-6-10-26/h7,11-12,18-19,23,26-27,30,32-45,47-49,57-58,61-66H,4-6,8-10,13-17,20-22H2,1-3H3,(H,51,59)(H,52,60)/t23?,27?,30?,32-,33+,34?,35?,36?,37?,38-,39-,40+,41?,42?,43?,44?,45?,47-,48+,49+/m1/s1. The number of ether oxygens (including phenoxy) is 7. The van der Waals surface area contributed by atoms with E-state index in [1.54, 1.807) is 11.0 Å². The number of nitrogens with one attached hydrogen (secondary N) is 2. The van der Waals surface area contributed by atoms with Crippen LogP contribution < -0.4 is 10.6 Å². The minimum absolute atomic E-state index is 0.0368. The van der Waals surface area contributed by atoms with Crippen molar-refractivity contribution in [1.29, 1.82) is 0 Å². The molecule has 2 aliphatic carbocycles. The number of benzene rings is 1. The van der Waals surface area contributed by atoms with Gasteiger partial charge in [0.1, 0.15) is 90.7 Å². The summed E-state index contributed by atoms with van der Waals surface area (Å²) in [6, 6.07) is 1.96. The van der Waals surface area contributed by atoms with Crippen molar-refractivity contribution in [2.75, 3.05) is 32.9 Å². The average molecular weight is 1050 g/mol. The van der Waals surface area contributed by atoms with Gasteiger partial charge in [-0.25, -0.2) is 9.07 Å². The normalized spacial score (nSPS) is 38.4. The Kier molecular flexibility index (Phi) is 19.1. The summed E-state index contributed by atoms with van der Waals surface area (Å²) < 4.78 is 59.4. The molecule has 1 aromatic heterocycles. The quantitative estimate of drug-likeness (QED) is 0.0782. The van der Waals surface area contributed by atoms with Crippen LogP contribution >= 0.6 is 0 Å². The topological polar surface area (TPSA) is 336 Å². The van der Waals surface area contributed by atoms with Gasteiger partial charge in [0, 0.05) is 32.5 Å². The lowest BCUT2D eigenvalue weighted by molar-refractivity contribution is -0.337. The summed E-state index contributed by atoms with van der Waals surface area (Å²) >= 11 is 0. The Morgan fingerprint density at radius 3 is 2.15 bits per heavy atom. The van der Waals surface area contributed by atoms with Crippen LogP contribution in [0.1, 0.15) is 84.6 Å². The van der Waals surface area contributed by atoms with E-state index in [1.165, 1.54) is 49.8 Å². The molecule has 414 valence electrons. The zero-order valence-corrected chi connectivity index (χ0v) is 41.7. The summed E-state index contributed by atoms with van der Waals surface area (Å²) in [6.07, 6.45) is -15.6. The number of likely N-dealkylation sites (tertiary alicyclic amines) is 1. The monoisotopic (exact) mass is 1050 g/mol. The molecule has 25 heteroatoms. The number of hydrogen-bond acceptors (Lipinski definition) is 20. The summed E-state index contributed by atoms with van der Waals surface area (Å²) in [5, 5.41) is 102. The maximum atomic E-state index is 14.1. The van der Waals surface area contributed by atoms with Crippen LogP contribution in [-0.4, -0.2) is 222 Å². The number of aliphatic hydroxyl groups is 8. The molecule has 6 aliphatic rings. The van der Waals surface area contributed by atoms with Crippen LogP contribution in [0.3, 0.4) is 0 Å². The second kappa shape index (κ2) is 25.1. The van der Waals surface area contributed by atoms with Gasteiger partial charge in [0.15, 0.2) is 18.9 Å². The lowest BCUT2D eigenvalue weighted by atomic mass is 9.81. The Morgan fingerprint density at radius 2 is 1.49 bits per heavy atom. The van der Waals surface area contributed by atoms with E-state index in [0.717, 1.165) is 38.5 Å². The molecule has 2 saturated carbocycles. The van der Waals surface area contributed by atoms with Crippen LogP contribution in [0.5, 0.6) is 0 Å².